The average molecular weight is 261 g/mol. The number of anilines is 1. The number of likely N-dealkylation sites (N-methyl/N-ethyl adjacent to an activating group) is 1. The van der Waals surface area contributed by atoms with Crippen molar-refractivity contribution in [2.45, 2.75) is 19.8 Å². The second-order valence-electron chi connectivity index (χ2n) is 5.37. The van der Waals surface area contributed by atoms with Crippen molar-refractivity contribution in [2.24, 2.45) is 11.7 Å². The third kappa shape index (κ3) is 3.96. The summed E-state index contributed by atoms with van der Waals surface area (Å²) in [5.41, 5.74) is 8.59. The van der Waals surface area contributed by atoms with Crippen molar-refractivity contribution in [1.29, 1.82) is 5.41 Å². The lowest BCUT2D eigenvalue weighted by Gasteiger charge is -2.22. The zero-order valence-electron chi connectivity index (χ0n) is 11.8. The number of nitrogens with one attached hydrogen (secondary N) is 1. The highest BCUT2D eigenvalue weighted by atomic mass is 16.5. The van der Waals surface area contributed by atoms with Gasteiger partial charge in [-0.1, -0.05) is 6.07 Å². The highest BCUT2D eigenvalue weighted by Gasteiger charge is 2.21. The van der Waals surface area contributed by atoms with Crippen LogP contribution in [0.15, 0.2) is 18.2 Å². The number of aryl methyl sites for hydroxylation is 1. The SMILES string of the molecule is Cc1ccc(C(=N)N)c(N(C)CCOCC2CC2)c1. The van der Waals surface area contributed by atoms with Gasteiger partial charge in [0, 0.05) is 31.5 Å². The van der Waals surface area contributed by atoms with E-state index < -0.39 is 0 Å². The average Bonchev–Trinajstić information content (AvgIpc) is 3.18. The Morgan fingerprint density at radius 3 is 2.84 bits per heavy atom. The quantitative estimate of drug-likeness (QED) is 0.449. The highest BCUT2D eigenvalue weighted by molar-refractivity contribution is 6.00. The molecule has 0 bridgehead atoms. The molecule has 1 aromatic carbocycles. The van der Waals surface area contributed by atoms with Crippen LogP contribution < -0.4 is 10.6 Å². The summed E-state index contributed by atoms with van der Waals surface area (Å²) in [6.07, 6.45) is 2.64. The second kappa shape index (κ2) is 6.06. The summed E-state index contributed by atoms with van der Waals surface area (Å²) in [7, 11) is 2.02. The minimum Gasteiger partial charge on any atom is -0.384 e. The Balaban J connectivity index is 1.93. The molecule has 0 spiro atoms. The third-order valence-electron chi connectivity index (χ3n) is 3.48. The molecule has 1 saturated carbocycles. The van der Waals surface area contributed by atoms with Crippen LogP contribution in [0.2, 0.25) is 0 Å². The standard InChI is InChI=1S/C15H23N3O/c1-11-3-6-13(15(16)17)14(9-11)18(2)7-8-19-10-12-4-5-12/h3,6,9,12H,4-5,7-8,10H2,1-2H3,(H3,16,17). The van der Waals surface area contributed by atoms with Crippen LogP contribution in [0.3, 0.4) is 0 Å². The Hall–Kier alpha value is -1.55. The maximum atomic E-state index is 7.64. The number of benzene rings is 1. The Kier molecular flexibility index (Phi) is 4.43. The van der Waals surface area contributed by atoms with Crippen LogP contribution in [0.1, 0.15) is 24.0 Å². The van der Waals surface area contributed by atoms with Crippen molar-refractivity contribution in [1.82, 2.24) is 0 Å². The summed E-state index contributed by atoms with van der Waals surface area (Å²) in [5, 5.41) is 7.64. The predicted molar refractivity (Wildman–Crippen MR) is 79.0 cm³/mol. The summed E-state index contributed by atoms with van der Waals surface area (Å²) in [5.74, 6) is 0.915. The molecule has 4 nitrogen and oxygen atoms in total. The highest BCUT2D eigenvalue weighted by Crippen LogP contribution is 2.28. The van der Waals surface area contributed by atoms with E-state index in [1.807, 2.05) is 26.1 Å². The molecule has 0 aliphatic heterocycles. The van der Waals surface area contributed by atoms with E-state index >= 15 is 0 Å². The lowest BCUT2D eigenvalue weighted by molar-refractivity contribution is 0.131. The summed E-state index contributed by atoms with van der Waals surface area (Å²) in [4.78, 5) is 2.11. The van der Waals surface area contributed by atoms with Crippen LogP contribution in [0.25, 0.3) is 0 Å². The number of ether oxygens (including phenoxy) is 1. The Morgan fingerprint density at radius 2 is 2.21 bits per heavy atom. The van der Waals surface area contributed by atoms with Gasteiger partial charge in [0.2, 0.25) is 0 Å². The van der Waals surface area contributed by atoms with Gasteiger partial charge < -0.3 is 15.4 Å². The van der Waals surface area contributed by atoms with Crippen LogP contribution in [-0.4, -0.2) is 32.6 Å². The van der Waals surface area contributed by atoms with Gasteiger partial charge in [0.05, 0.1) is 6.61 Å². The van der Waals surface area contributed by atoms with Gasteiger partial charge in [-0.3, -0.25) is 5.41 Å². The summed E-state index contributed by atoms with van der Waals surface area (Å²) in [6, 6.07) is 5.96. The van der Waals surface area contributed by atoms with Crippen molar-refractivity contribution in [3.63, 3.8) is 0 Å². The molecule has 4 heteroatoms. The Labute approximate surface area is 115 Å². The molecule has 19 heavy (non-hydrogen) atoms. The number of hydrogen-bond donors (Lipinski definition) is 2. The van der Waals surface area contributed by atoms with Crippen LogP contribution in [0, 0.1) is 18.3 Å². The Bertz CT molecular complexity index is 455. The molecule has 3 N–H and O–H groups in total. The van der Waals surface area contributed by atoms with Crippen molar-refractivity contribution >= 4 is 11.5 Å². The van der Waals surface area contributed by atoms with Crippen molar-refractivity contribution < 1.29 is 4.74 Å². The second-order valence-corrected chi connectivity index (χ2v) is 5.37. The number of rotatable bonds is 7. The van der Waals surface area contributed by atoms with E-state index in [0.29, 0.717) is 0 Å². The molecule has 2 rings (SSSR count). The van der Waals surface area contributed by atoms with Gasteiger partial charge in [-0.25, -0.2) is 0 Å². The van der Waals surface area contributed by atoms with E-state index in [1.165, 1.54) is 18.4 Å². The molecule has 1 aliphatic carbocycles. The van der Waals surface area contributed by atoms with E-state index in [2.05, 4.69) is 11.0 Å². The maximum absolute atomic E-state index is 7.64. The molecule has 0 saturated heterocycles. The van der Waals surface area contributed by atoms with Gasteiger partial charge >= 0.3 is 0 Å². The first-order chi connectivity index (χ1) is 9.08. The number of hydrogen-bond acceptors (Lipinski definition) is 3. The number of amidine groups is 1. The third-order valence-corrected chi connectivity index (χ3v) is 3.48. The largest absolute Gasteiger partial charge is 0.384 e. The van der Waals surface area contributed by atoms with E-state index in [1.54, 1.807) is 0 Å². The first-order valence-corrected chi connectivity index (χ1v) is 6.82. The van der Waals surface area contributed by atoms with E-state index in [9.17, 15) is 0 Å². The first kappa shape index (κ1) is 13.9. The fraction of sp³-hybridized carbons (Fsp3) is 0.533. The molecule has 0 amide bonds. The summed E-state index contributed by atoms with van der Waals surface area (Å²) >= 11 is 0. The van der Waals surface area contributed by atoms with Gasteiger partial charge in [-0.15, -0.1) is 0 Å². The van der Waals surface area contributed by atoms with Gasteiger partial charge in [0.25, 0.3) is 0 Å². The molecular formula is C15H23N3O. The molecule has 1 aromatic rings. The fourth-order valence-electron chi connectivity index (χ4n) is 2.04. The van der Waals surface area contributed by atoms with Gasteiger partial charge in [-0.2, -0.15) is 0 Å². The zero-order chi connectivity index (χ0) is 13.8. The van der Waals surface area contributed by atoms with Crippen LogP contribution in [0.5, 0.6) is 0 Å². The smallest absolute Gasteiger partial charge is 0.124 e. The normalized spacial score (nSPS) is 14.4. The van der Waals surface area contributed by atoms with E-state index in [4.69, 9.17) is 15.9 Å². The van der Waals surface area contributed by atoms with Crippen LogP contribution in [0.4, 0.5) is 5.69 Å². The van der Waals surface area contributed by atoms with Crippen LogP contribution >= 0.6 is 0 Å². The van der Waals surface area contributed by atoms with Gasteiger partial charge in [0.1, 0.15) is 5.84 Å². The first-order valence-electron chi connectivity index (χ1n) is 6.82. The van der Waals surface area contributed by atoms with Crippen LogP contribution in [-0.2, 0) is 4.74 Å². The minimum absolute atomic E-state index is 0.112. The Morgan fingerprint density at radius 1 is 1.47 bits per heavy atom. The lowest BCUT2D eigenvalue weighted by Crippen LogP contribution is -2.26. The molecule has 104 valence electrons. The van der Waals surface area contributed by atoms with Gasteiger partial charge in [0.15, 0.2) is 0 Å². The molecular weight excluding hydrogens is 238 g/mol. The lowest BCUT2D eigenvalue weighted by atomic mass is 10.1. The van der Waals surface area contributed by atoms with E-state index in [0.717, 1.165) is 36.9 Å². The number of nitrogens with two attached hydrogens (primary N) is 1. The summed E-state index contributed by atoms with van der Waals surface area (Å²) in [6.45, 7) is 4.47. The fourth-order valence-corrected chi connectivity index (χ4v) is 2.04. The molecule has 1 fully saturated rings. The molecule has 0 unspecified atom stereocenters. The number of nitrogen functional groups attached to an aromatic ring is 1. The monoisotopic (exact) mass is 261 g/mol. The molecule has 1 aliphatic rings. The summed E-state index contributed by atoms with van der Waals surface area (Å²) < 4.78 is 5.65. The number of nitrogens with zero attached hydrogens (tertiary/aromatic N) is 1. The molecule has 0 radical (unpaired) electrons. The maximum Gasteiger partial charge on any atom is 0.124 e. The molecule has 0 heterocycles. The minimum atomic E-state index is 0.112. The topological polar surface area (TPSA) is 62.3 Å². The van der Waals surface area contributed by atoms with Crippen molar-refractivity contribution in [3.8, 4) is 0 Å². The van der Waals surface area contributed by atoms with Crippen molar-refractivity contribution in [3.05, 3.63) is 29.3 Å². The molecule has 0 atom stereocenters. The van der Waals surface area contributed by atoms with E-state index in [-0.39, 0.29) is 5.84 Å². The molecule has 0 aromatic heterocycles. The zero-order valence-corrected chi connectivity index (χ0v) is 11.8. The predicted octanol–water partition coefficient (Wildman–Crippen LogP) is 2.14. The van der Waals surface area contributed by atoms with Crippen molar-refractivity contribution in [2.75, 3.05) is 31.7 Å². The van der Waals surface area contributed by atoms with Gasteiger partial charge in [-0.05, 0) is 43.4 Å².